The Hall–Kier alpha value is -1.30. The van der Waals surface area contributed by atoms with Crippen LogP contribution in [0.5, 0.6) is 0 Å². The number of amides is 2. The minimum atomic E-state index is -1.11. The van der Waals surface area contributed by atoms with Crippen LogP contribution in [0.15, 0.2) is 0 Å². The van der Waals surface area contributed by atoms with Crippen LogP contribution in [0.25, 0.3) is 0 Å². The third-order valence-electron chi connectivity index (χ3n) is 3.57. The van der Waals surface area contributed by atoms with Gasteiger partial charge in [0, 0.05) is 20.3 Å². The third-order valence-corrected chi connectivity index (χ3v) is 3.57. The molecule has 0 bridgehead atoms. The molecule has 2 atom stereocenters. The molecule has 1 fully saturated rings. The van der Waals surface area contributed by atoms with Crippen molar-refractivity contribution < 1.29 is 19.4 Å². The van der Waals surface area contributed by atoms with Crippen molar-refractivity contribution in [2.24, 2.45) is 5.92 Å². The molecule has 19 heavy (non-hydrogen) atoms. The molecular formula is C13H24N2O4. The van der Waals surface area contributed by atoms with Crippen molar-refractivity contribution in [2.45, 2.75) is 44.6 Å². The summed E-state index contributed by atoms with van der Waals surface area (Å²) in [4.78, 5) is 23.2. The first-order valence-corrected chi connectivity index (χ1v) is 6.78. The summed E-state index contributed by atoms with van der Waals surface area (Å²) in [6.07, 6.45) is 3.55. The van der Waals surface area contributed by atoms with Gasteiger partial charge in [0.2, 0.25) is 0 Å². The molecule has 1 saturated carbocycles. The lowest BCUT2D eigenvalue weighted by atomic mass is 9.76. The number of nitrogens with one attached hydrogen (secondary N) is 2. The predicted molar refractivity (Wildman–Crippen MR) is 71.0 cm³/mol. The highest BCUT2D eigenvalue weighted by molar-refractivity contribution is 5.86. The van der Waals surface area contributed by atoms with Crippen molar-refractivity contribution in [2.75, 3.05) is 20.3 Å². The van der Waals surface area contributed by atoms with E-state index in [9.17, 15) is 14.7 Å². The second-order valence-corrected chi connectivity index (χ2v) is 5.32. The minimum Gasteiger partial charge on any atom is -0.480 e. The molecule has 110 valence electrons. The topological polar surface area (TPSA) is 87.7 Å². The van der Waals surface area contributed by atoms with E-state index in [0.717, 1.165) is 12.8 Å². The highest BCUT2D eigenvalue weighted by Gasteiger charge is 2.43. The maximum absolute atomic E-state index is 11.8. The van der Waals surface area contributed by atoms with E-state index in [1.807, 2.05) is 6.92 Å². The fraction of sp³-hybridized carbons (Fsp3) is 0.846. The number of carbonyl (C=O) groups is 2. The van der Waals surface area contributed by atoms with Gasteiger partial charge in [0.25, 0.3) is 0 Å². The summed E-state index contributed by atoms with van der Waals surface area (Å²) < 4.78 is 4.88. The van der Waals surface area contributed by atoms with Gasteiger partial charge in [0.15, 0.2) is 0 Å². The zero-order chi connectivity index (χ0) is 14.3. The Bertz CT molecular complexity index is 322. The first-order valence-electron chi connectivity index (χ1n) is 6.78. The standard InChI is InChI=1S/C13H24N2O4/c1-10-5-3-6-13(9-10,11(16)17)15-12(18)14-7-4-8-19-2/h10H,3-9H2,1-2H3,(H,16,17)(H2,14,15,18). The van der Waals surface area contributed by atoms with E-state index >= 15 is 0 Å². The van der Waals surface area contributed by atoms with Crippen molar-refractivity contribution >= 4 is 12.0 Å². The SMILES string of the molecule is COCCCNC(=O)NC1(C(=O)O)CCCC(C)C1. The maximum atomic E-state index is 11.8. The summed E-state index contributed by atoms with van der Waals surface area (Å²) in [6, 6.07) is -0.410. The van der Waals surface area contributed by atoms with Gasteiger partial charge in [-0.05, 0) is 25.2 Å². The summed E-state index contributed by atoms with van der Waals surface area (Å²) in [5, 5.41) is 14.7. The second-order valence-electron chi connectivity index (χ2n) is 5.32. The van der Waals surface area contributed by atoms with Crippen molar-refractivity contribution in [1.29, 1.82) is 0 Å². The zero-order valence-electron chi connectivity index (χ0n) is 11.7. The van der Waals surface area contributed by atoms with Gasteiger partial charge in [-0.3, -0.25) is 0 Å². The van der Waals surface area contributed by atoms with Crippen LogP contribution in [0.1, 0.15) is 39.0 Å². The van der Waals surface area contributed by atoms with E-state index < -0.39 is 17.5 Å². The Labute approximate surface area is 113 Å². The first kappa shape index (κ1) is 15.8. The number of carbonyl (C=O) groups excluding carboxylic acids is 1. The molecule has 0 aliphatic heterocycles. The largest absolute Gasteiger partial charge is 0.480 e. The molecule has 6 nitrogen and oxygen atoms in total. The molecule has 1 aliphatic rings. The number of ether oxygens (including phenoxy) is 1. The molecule has 0 spiro atoms. The van der Waals surface area contributed by atoms with Gasteiger partial charge in [0.05, 0.1) is 0 Å². The Morgan fingerprint density at radius 1 is 1.47 bits per heavy atom. The summed E-state index contributed by atoms with van der Waals surface area (Å²) in [5.74, 6) is -0.621. The lowest BCUT2D eigenvalue weighted by Crippen LogP contribution is -2.59. The summed E-state index contributed by atoms with van der Waals surface area (Å²) in [7, 11) is 1.60. The lowest BCUT2D eigenvalue weighted by molar-refractivity contribution is -0.146. The van der Waals surface area contributed by atoms with E-state index in [-0.39, 0.29) is 0 Å². The van der Waals surface area contributed by atoms with E-state index in [0.29, 0.717) is 38.3 Å². The van der Waals surface area contributed by atoms with Crippen LogP contribution < -0.4 is 10.6 Å². The molecule has 6 heteroatoms. The number of rotatable bonds is 6. The third kappa shape index (κ3) is 4.70. The summed E-state index contributed by atoms with van der Waals surface area (Å²) in [5.41, 5.74) is -1.11. The molecule has 3 N–H and O–H groups in total. The van der Waals surface area contributed by atoms with Crippen molar-refractivity contribution in [3.63, 3.8) is 0 Å². The van der Waals surface area contributed by atoms with Crippen LogP contribution in [0.4, 0.5) is 4.79 Å². The Morgan fingerprint density at radius 2 is 2.21 bits per heavy atom. The summed E-state index contributed by atoms with van der Waals surface area (Å²) in [6.45, 7) is 3.07. The monoisotopic (exact) mass is 272 g/mol. The minimum absolute atomic E-state index is 0.318. The number of hydrogen-bond donors (Lipinski definition) is 3. The highest BCUT2D eigenvalue weighted by Crippen LogP contribution is 2.32. The highest BCUT2D eigenvalue weighted by atomic mass is 16.5. The van der Waals surface area contributed by atoms with Gasteiger partial charge >= 0.3 is 12.0 Å². The Kier molecular flexibility index (Phi) is 6.08. The molecular weight excluding hydrogens is 248 g/mol. The number of carboxylic acid groups (broad SMARTS) is 1. The van der Waals surface area contributed by atoms with Gasteiger partial charge in [-0.2, -0.15) is 0 Å². The lowest BCUT2D eigenvalue weighted by Gasteiger charge is -2.37. The molecule has 0 aromatic carbocycles. The number of urea groups is 1. The molecule has 0 heterocycles. The van der Waals surface area contributed by atoms with Crippen LogP contribution in [0.3, 0.4) is 0 Å². The molecule has 0 radical (unpaired) electrons. The number of aliphatic carboxylic acids is 1. The Morgan fingerprint density at radius 3 is 2.79 bits per heavy atom. The van der Waals surface area contributed by atoms with Gasteiger partial charge in [0.1, 0.15) is 5.54 Å². The number of hydrogen-bond acceptors (Lipinski definition) is 3. The fourth-order valence-electron chi connectivity index (χ4n) is 2.59. The van der Waals surface area contributed by atoms with Crippen LogP contribution >= 0.6 is 0 Å². The molecule has 1 rings (SSSR count). The fourth-order valence-corrected chi connectivity index (χ4v) is 2.59. The average Bonchev–Trinajstić information content (AvgIpc) is 2.34. The number of methoxy groups -OCH3 is 1. The van der Waals surface area contributed by atoms with Crippen LogP contribution in [-0.2, 0) is 9.53 Å². The average molecular weight is 272 g/mol. The normalized spacial score (nSPS) is 26.7. The van der Waals surface area contributed by atoms with E-state index in [2.05, 4.69) is 10.6 Å². The van der Waals surface area contributed by atoms with Crippen LogP contribution in [0, 0.1) is 5.92 Å². The second kappa shape index (κ2) is 7.33. The molecule has 0 aromatic rings. The summed E-state index contributed by atoms with van der Waals surface area (Å²) >= 11 is 0. The van der Waals surface area contributed by atoms with Crippen LogP contribution in [0.2, 0.25) is 0 Å². The van der Waals surface area contributed by atoms with E-state index in [1.54, 1.807) is 7.11 Å². The zero-order valence-corrected chi connectivity index (χ0v) is 11.7. The quantitative estimate of drug-likeness (QED) is 0.637. The predicted octanol–water partition coefficient (Wildman–Crippen LogP) is 1.36. The van der Waals surface area contributed by atoms with E-state index in [4.69, 9.17) is 4.74 Å². The van der Waals surface area contributed by atoms with Gasteiger partial charge in [-0.1, -0.05) is 19.8 Å². The molecule has 1 aliphatic carbocycles. The van der Waals surface area contributed by atoms with Gasteiger partial charge in [-0.15, -0.1) is 0 Å². The van der Waals surface area contributed by atoms with Gasteiger partial charge < -0.3 is 20.5 Å². The molecule has 0 saturated heterocycles. The van der Waals surface area contributed by atoms with Crippen molar-refractivity contribution in [3.8, 4) is 0 Å². The molecule has 2 amide bonds. The molecule has 2 unspecified atom stereocenters. The molecule has 0 aromatic heterocycles. The van der Waals surface area contributed by atoms with E-state index in [1.165, 1.54) is 0 Å². The first-order chi connectivity index (χ1) is 9.00. The smallest absolute Gasteiger partial charge is 0.329 e. The Balaban J connectivity index is 2.49. The van der Waals surface area contributed by atoms with Crippen molar-refractivity contribution in [3.05, 3.63) is 0 Å². The van der Waals surface area contributed by atoms with Crippen molar-refractivity contribution in [1.82, 2.24) is 10.6 Å². The van der Waals surface area contributed by atoms with Gasteiger partial charge in [-0.25, -0.2) is 9.59 Å². The maximum Gasteiger partial charge on any atom is 0.329 e. The number of carboxylic acids is 1. The van der Waals surface area contributed by atoms with Crippen LogP contribution in [-0.4, -0.2) is 42.9 Å².